The Balaban J connectivity index is 1.36. The van der Waals surface area contributed by atoms with Crippen LogP contribution >= 0.6 is 0 Å². The van der Waals surface area contributed by atoms with Crippen LogP contribution in [-0.2, 0) is 13.1 Å². The first-order valence-corrected chi connectivity index (χ1v) is 13.0. The molecule has 202 valence electrons. The van der Waals surface area contributed by atoms with Gasteiger partial charge in [-0.25, -0.2) is 4.98 Å². The third kappa shape index (κ3) is 5.25. The van der Waals surface area contributed by atoms with Crippen LogP contribution in [0.5, 0.6) is 0 Å². The van der Waals surface area contributed by atoms with Gasteiger partial charge < -0.3 is 15.1 Å². The molecule has 1 atom stereocenters. The number of nitrogens with zero attached hydrogens (tertiary/aromatic N) is 8. The zero-order chi connectivity index (χ0) is 27.7. The lowest BCUT2D eigenvalue weighted by molar-refractivity contribution is 0.0826. The van der Waals surface area contributed by atoms with E-state index in [0.29, 0.717) is 24.3 Å². The van der Waals surface area contributed by atoms with Crippen molar-refractivity contribution in [3.05, 3.63) is 83.1 Å². The normalized spacial score (nSPS) is 14.8. The largest absolute Gasteiger partial charge is 0.351 e. The lowest BCUT2D eigenvalue weighted by Gasteiger charge is -2.33. The molecule has 0 spiro atoms. The standard InChI is InChI=1S/C28H33N9O2/c1-18(2)36-26-19(3)16-35(24-11-8-21(15-29-24)28(39)34(4)5)17-23(26)25(33-36)27(38)30-14-20-6-9-22(10-7-20)37-31-12-13-32-37/h6-13,15,18-19H,14,16-17H2,1-5H3,(H,30,38)/t19-/m0/s1. The maximum atomic E-state index is 13.4. The number of hydrogen-bond donors (Lipinski definition) is 1. The van der Waals surface area contributed by atoms with Gasteiger partial charge in [-0.3, -0.25) is 14.3 Å². The van der Waals surface area contributed by atoms with E-state index in [-0.39, 0.29) is 23.8 Å². The van der Waals surface area contributed by atoms with Gasteiger partial charge in [0.2, 0.25) is 0 Å². The van der Waals surface area contributed by atoms with Crippen LogP contribution < -0.4 is 10.2 Å². The Labute approximate surface area is 227 Å². The van der Waals surface area contributed by atoms with Crippen molar-refractivity contribution in [3.63, 3.8) is 0 Å². The van der Waals surface area contributed by atoms with Crippen molar-refractivity contribution in [1.29, 1.82) is 0 Å². The minimum absolute atomic E-state index is 0.0896. The lowest BCUT2D eigenvalue weighted by Crippen LogP contribution is -2.35. The third-order valence-electron chi connectivity index (χ3n) is 6.83. The average molecular weight is 528 g/mol. The summed E-state index contributed by atoms with van der Waals surface area (Å²) in [5.74, 6) is 0.599. The monoisotopic (exact) mass is 527 g/mol. The third-order valence-corrected chi connectivity index (χ3v) is 6.83. The number of carbonyl (C=O) groups is 2. The zero-order valence-electron chi connectivity index (χ0n) is 22.9. The number of hydrogen-bond acceptors (Lipinski definition) is 7. The van der Waals surface area contributed by atoms with Crippen molar-refractivity contribution in [2.45, 2.75) is 45.8 Å². The molecule has 1 aromatic carbocycles. The topological polar surface area (TPSA) is 114 Å². The molecule has 0 saturated carbocycles. The summed E-state index contributed by atoms with van der Waals surface area (Å²) in [5.41, 5.74) is 4.78. The van der Waals surface area contributed by atoms with E-state index in [1.807, 2.05) is 35.0 Å². The minimum atomic E-state index is -0.211. The first-order chi connectivity index (χ1) is 18.7. The summed E-state index contributed by atoms with van der Waals surface area (Å²) in [7, 11) is 3.44. The van der Waals surface area contributed by atoms with Gasteiger partial charge >= 0.3 is 0 Å². The van der Waals surface area contributed by atoms with E-state index in [9.17, 15) is 9.59 Å². The number of pyridine rings is 1. The highest BCUT2D eigenvalue weighted by Crippen LogP contribution is 2.34. The minimum Gasteiger partial charge on any atom is -0.351 e. The SMILES string of the molecule is CC(C)n1nc(C(=O)NCc2ccc(-n3nccn3)cc2)c2c1[C@@H](C)CN(c1ccc(C(=O)N(C)C)cn1)C2. The molecular formula is C28H33N9O2. The van der Waals surface area contributed by atoms with E-state index in [1.54, 1.807) is 43.5 Å². The van der Waals surface area contributed by atoms with Gasteiger partial charge in [0, 0.05) is 63.1 Å². The Morgan fingerprint density at radius 1 is 1.08 bits per heavy atom. The highest BCUT2D eigenvalue weighted by molar-refractivity contribution is 5.94. The molecule has 0 unspecified atom stereocenters. The molecule has 0 aliphatic carbocycles. The van der Waals surface area contributed by atoms with Crippen LogP contribution in [0.2, 0.25) is 0 Å². The lowest BCUT2D eigenvalue weighted by atomic mass is 9.95. The van der Waals surface area contributed by atoms with E-state index < -0.39 is 0 Å². The van der Waals surface area contributed by atoms with Gasteiger partial charge in [-0.1, -0.05) is 19.1 Å². The fourth-order valence-electron chi connectivity index (χ4n) is 4.90. The van der Waals surface area contributed by atoms with E-state index in [1.165, 1.54) is 4.90 Å². The molecule has 0 radical (unpaired) electrons. The fourth-order valence-corrected chi connectivity index (χ4v) is 4.90. The number of benzene rings is 1. The van der Waals surface area contributed by atoms with Crippen molar-refractivity contribution >= 4 is 17.6 Å². The van der Waals surface area contributed by atoms with Crippen molar-refractivity contribution in [3.8, 4) is 5.69 Å². The summed E-state index contributed by atoms with van der Waals surface area (Å²) in [6.45, 7) is 7.91. The molecule has 0 bridgehead atoms. The van der Waals surface area contributed by atoms with E-state index in [0.717, 1.165) is 34.9 Å². The van der Waals surface area contributed by atoms with Crippen LogP contribution in [-0.4, -0.2) is 67.1 Å². The number of amides is 2. The number of anilines is 1. The van der Waals surface area contributed by atoms with E-state index in [4.69, 9.17) is 5.10 Å². The summed E-state index contributed by atoms with van der Waals surface area (Å²) in [6, 6.07) is 11.5. The predicted octanol–water partition coefficient (Wildman–Crippen LogP) is 3.20. The molecule has 11 nitrogen and oxygen atoms in total. The van der Waals surface area contributed by atoms with Crippen LogP contribution in [0.4, 0.5) is 5.82 Å². The first kappa shape index (κ1) is 26.1. The van der Waals surface area contributed by atoms with Crippen LogP contribution in [0.25, 0.3) is 5.69 Å². The summed E-state index contributed by atoms with van der Waals surface area (Å²) in [6.07, 6.45) is 4.87. The average Bonchev–Trinajstić information content (AvgIpc) is 3.61. The Hall–Kier alpha value is -4.54. The Bertz CT molecular complexity index is 1460. The van der Waals surface area contributed by atoms with Gasteiger partial charge in [-0.05, 0) is 43.7 Å². The zero-order valence-corrected chi connectivity index (χ0v) is 22.9. The summed E-state index contributed by atoms with van der Waals surface area (Å²) >= 11 is 0. The van der Waals surface area contributed by atoms with Gasteiger partial charge in [0.15, 0.2) is 5.69 Å². The fraction of sp³-hybridized carbons (Fsp3) is 0.357. The summed E-state index contributed by atoms with van der Waals surface area (Å²) in [5, 5.41) is 16.1. The molecule has 1 aliphatic heterocycles. The molecule has 5 rings (SSSR count). The second-order valence-electron chi connectivity index (χ2n) is 10.3. The molecule has 1 aliphatic rings. The number of fused-ring (bicyclic) bond motifs is 1. The predicted molar refractivity (Wildman–Crippen MR) is 147 cm³/mol. The van der Waals surface area contributed by atoms with Gasteiger partial charge in [0.1, 0.15) is 5.82 Å². The van der Waals surface area contributed by atoms with E-state index in [2.05, 4.69) is 46.2 Å². The highest BCUT2D eigenvalue weighted by Gasteiger charge is 2.33. The quantitative estimate of drug-likeness (QED) is 0.393. The second kappa shape index (κ2) is 10.7. The molecule has 11 heteroatoms. The van der Waals surface area contributed by atoms with Gasteiger partial charge in [-0.2, -0.15) is 20.1 Å². The molecule has 39 heavy (non-hydrogen) atoms. The van der Waals surface area contributed by atoms with Crippen LogP contribution in [0.15, 0.2) is 55.0 Å². The maximum absolute atomic E-state index is 13.4. The van der Waals surface area contributed by atoms with Crippen LogP contribution in [0, 0.1) is 0 Å². The van der Waals surface area contributed by atoms with Crippen molar-refractivity contribution in [2.75, 3.05) is 25.5 Å². The molecule has 1 N–H and O–H groups in total. The number of carbonyl (C=O) groups excluding carboxylic acids is 2. The van der Waals surface area contributed by atoms with E-state index >= 15 is 0 Å². The van der Waals surface area contributed by atoms with Crippen molar-refractivity contribution < 1.29 is 9.59 Å². The van der Waals surface area contributed by atoms with Gasteiger partial charge in [0.05, 0.1) is 23.6 Å². The van der Waals surface area contributed by atoms with Gasteiger partial charge in [-0.15, -0.1) is 0 Å². The molecular weight excluding hydrogens is 494 g/mol. The molecule has 2 amide bonds. The Kier molecular flexibility index (Phi) is 7.14. The van der Waals surface area contributed by atoms with Crippen LogP contribution in [0.1, 0.15) is 70.4 Å². The van der Waals surface area contributed by atoms with Gasteiger partial charge in [0.25, 0.3) is 11.8 Å². The second-order valence-corrected chi connectivity index (χ2v) is 10.3. The molecule has 4 aromatic rings. The summed E-state index contributed by atoms with van der Waals surface area (Å²) in [4.78, 5) is 35.5. The maximum Gasteiger partial charge on any atom is 0.272 e. The first-order valence-electron chi connectivity index (χ1n) is 13.0. The highest BCUT2D eigenvalue weighted by atomic mass is 16.2. The van der Waals surface area contributed by atoms with Crippen molar-refractivity contribution in [2.24, 2.45) is 0 Å². The molecule has 4 heterocycles. The summed E-state index contributed by atoms with van der Waals surface area (Å²) < 4.78 is 1.98. The Morgan fingerprint density at radius 2 is 1.79 bits per heavy atom. The number of rotatable bonds is 7. The molecule has 3 aromatic heterocycles. The Morgan fingerprint density at radius 3 is 2.41 bits per heavy atom. The smallest absolute Gasteiger partial charge is 0.272 e. The number of nitrogens with one attached hydrogen (secondary N) is 1. The van der Waals surface area contributed by atoms with Crippen molar-refractivity contribution in [1.82, 2.24) is 40.0 Å². The molecule has 0 saturated heterocycles. The molecule has 0 fully saturated rings. The van der Waals surface area contributed by atoms with Crippen LogP contribution in [0.3, 0.4) is 0 Å². The number of aromatic nitrogens is 6.